The van der Waals surface area contributed by atoms with Gasteiger partial charge in [-0.1, -0.05) is 32.9 Å². The molecule has 19 heavy (non-hydrogen) atoms. The van der Waals surface area contributed by atoms with Gasteiger partial charge in [0.05, 0.1) is 0 Å². The maximum atomic E-state index is 12.6. The summed E-state index contributed by atoms with van der Waals surface area (Å²) in [5, 5.41) is 0. The van der Waals surface area contributed by atoms with Crippen molar-refractivity contribution in [2.24, 2.45) is 5.73 Å². The van der Waals surface area contributed by atoms with E-state index in [1.54, 1.807) is 0 Å². The Bertz CT molecular complexity index is 382. The largest absolute Gasteiger partial charge is 0.334 e. The molecular formula is C16H26N2O. The number of benzene rings is 1. The maximum absolute atomic E-state index is 12.6. The average Bonchev–Trinajstić information content (AvgIpc) is 2.47. The first kappa shape index (κ1) is 15.7. The van der Waals surface area contributed by atoms with Crippen LogP contribution in [-0.4, -0.2) is 29.9 Å². The van der Waals surface area contributed by atoms with Crippen LogP contribution in [0, 0.1) is 0 Å². The fourth-order valence-corrected chi connectivity index (χ4v) is 2.37. The van der Waals surface area contributed by atoms with Gasteiger partial charge in [0.2, 0.25) is 0 Å². The average molecular weight is 262 g/mol. The van der Waals surface area contributed by atoms with Gasteiger partial charge in [-0.3, -0.25) is 4.79 Å². The maximum Gasteiger partial charge on any atom is 0.254 e. The molecule has 0 aliphatic heterocycles. The highest BCUT2D eigenvalue weighted by atomic mass is 16.2. The number of carbonyl (C=O) groups is 1. The first-order valence-electron chi connectivity index (χ1n) is 7.27. The van der Waals surface area contributed by atoms with Gasteiger partial charge in [-0.15, -0.1) is 0 Å². The molecule has 1 aromatic carbocycles. The summed E-state index contributed by atoms with van der Waals surface area (Å²) in [6.45, 7) is 7.48. The van der Waals surface area contributed by atoms with E-state index in [0.29, 0.717) is 13.1 Å². The number of carbonyl (C=O) groups excluding carboxylic acids is 1. The number of hydrogen-bond donors (Lipinski definition) is 1. The standard InChI is InChI=1S/C16H26N2O/c1-4-13-7-9-14(10-8-13)16(19)18(12-11-17)15(5-2)6-3/h7-10,15H,4-6,11-12,17H2,1-3H3. The molecule has 2 N–H and O–H groups in total. The second-order valence-corrected chi connectivity index (χ2v) is 4.81. The lowest BCUT2D eigenvalue weighted by Crippen LogP contribution is -2.42. The molecule has 1 rings (SSSR count). The molecule has 0 atom stereocenters. The molecule has 106 valence electrons. The quantitative estimate of drug-likeness (QED) is 0.821. The molecule has 0 spiro atoms. The number of amides is 1. The predicted molar refractivity (Wildman–Crippen MR) is 80.3 cm³/mol. The summed E-state index contributed by atoms with van der Waals surface area (Å²) in [7, 11) is 0. The Labute approximate surface area is 116 Å². The number of aryl methyl sites for hydroxylation is 1. The summed E-state index contributed by atoms with van der Waals surface area (Å²) >= 11 is 0. The summed E-state index contributed by atoms with van der Waals surface area (Å²) in [4.78, 5) is 14.5. The third-order valence-corrected chi connectivity index (χ3v) is 3.62. The first-order chi connectivity index (χ1) is 9.17. The molecule has 0 bridgehead atoms. The van der Waals surface area contributed by atoms with Crippen LogP contribution in [0.15, 0.2) is 24.3 Å². The molecule has 0 aromatic heterocycles. The second-order valence-electron chi connectivity index (χ2n) is 4.81. The minimum atomic E-state index is 0.0989. The van der Waals surface area contributed by atoms with Crippen molar-refractivity contribution >= 4 is 5.91 Å². The van der Waals surface area contributed by atoms with Gasteiger partial charge < -0.3 is 10.6 Å². The first-order valence-corrected chi connectivity index (χ1v) is 7.27. The minimum absolute atomic E-state index is 0.0989. The molecule has 3 nitrogen and oxygen atoms in total. The van der Waals surface area contributed by atoms with Crippen LogP contribution >= 0.6 is 0 Å². The van der Waals surface area contributed by atoms with E-state index in [9.17, 15) is 4.79 Å². The third-order valence-electron chi connectivity index (χ3n) is 3.62. The van der Waals surface area contributed by atoms with E-state index in [1.165, 1.54) is 5.56 Å². The summed E-state index contributed by atoms with van der Waals surface area (Å²) in [6.07, 6.45) is 2.93. The smallest absolute Gasteiger partial charge is 0.254 e. The van der Waals surface area contributed by atoms with Crippen LogP contribution in [0.2, 0.25) is 0 Å². The van der Waals surface area contributed by atoms with Crippen molar-refractivity contribution in [1.82, 2.24) is 4.90 Å². The summed E-state index contributed by atoms with van der Waals surface area (Å²) in [5.74, 6) is 0.0989. The van der Waals surface area contributed by atoms with Crippen LogP contribution in [0.5, 0.6) is 0 Å². The lowest BCUT2D eigenvalue weighted by molar-refractivity contribution is 0.0674. The van der Waals surface area contributed by atoms with E-state index >= 15 is 0 Å². The molecule has 3 heteroatoms. The van der Waals surface area contributed by atoms with Gasteiger partial charge in [-0.2, -0.15) is 0 Å². The lowest BCUT2D eigenvalue weighted by Gasteiger charge is -2.30. The van der Waals surface area contributed by atoms with Gasteiger partial charge in [-0.05, 0) is 37.0 Å². The van der Waals surface area contributed by atoms with E-state index in [1.807, 2.05) is 29.2 Å². The van der Waals surface area contributed by atoms with Gasteiger partial charge in [0.15, 0.2) is 0 Å². The molecule has 0 saturated heterocycles. The lowest BCUT2D eigenvalue weighted by atomic mass is 10.1. The molecule has 0 heterocycles. The predicted octanol–water partition coefficient (Wildman–Crippen LogP) is 2.84. The zero-order valence-corrected chi connectivity index (χ0v) is 12.4. The zero-order valence-electron chi connectivity index (χ0n) is 12.4. The van der Waals surface area contributed by atoms with Gasteiger partial charge in [0.25, 0.3) is 5.91 Å². The SMILES string of the molecule is CCc1ccc(C(=O)N(CCN)C(CC)CC)cc1. The van der Waals surface area contributed by atoms with Crippen LogP contribution < -0.4 is 5.73 Å². The van der Waals surface area contributed by atoms with Crippen molar-refractivity contribution in [2.75, 3.05) is 13.1 Å². The van der Waals surface area contributed by atoms with Crippen LogP contribution in [0.1, 0.15) is 49.5 Å². The van der Waals surface area contributed by atoms with Crippen molar-refractivity contribution in [3.8, 4) is 0 Å². The van der Waals surface area contributed by atoms with Crippen molar-refractivity contribution in [3.63, 3.8) is 0 Å². The van der Waals surface area contributed by atoms with Crippen LogP contribution in [0.4, 0.5) is 0 Å². The van der Waals surface area contributed by atoms with E-state index in [-0.39, 0.29) is 11.9 Å². The molecule has 1 amide bonds. The van der Waals surface area contributed by atoms with Crippen molar-refractivity contribution in [1.29, 1.82) is 0 Å². The molecule has 0 radical (unpaired) electrons. The third kappa shape index (κ3) is 4.06. The van der Waals surface area contributed by atoms with E-state index < -0.39 is 0 Å². The Kier molecular flexibility index (Phi) is 6.57. The van der Waals surface area contributed by atoms with E-state index in [2.05, 4.69) is 20.8 Å². The highest BCUT2D eigenvalue weighted by Crippen LogP contribution is 2.14. The molecule has 0 aliphatic carbocycles. The number of nitrogens with two attached hydrogens (primary N) is 1. The van der Waals surface area contributed by atoms with Crippen LogP contribution in [-0.2, 0) is 6.42 Å². The molecule has 0 aliphatic rings. The fourth-order valence-electron chi connectivity index (χ4n) is 2.37. The highest BCUT2D eigenvalue weighted by Gasteiger charge is 2.21. The second kappa shape index (κ2) is 7.95. The Morgan fingerprint density at radius 1 is 1.16 bits per heavy atom. The Hall–Kier alpha value is -1.35. The monoisotopic (exact) mass is 262 g/mol. The van der Waals surface area contributed by atoms with E-state index in [0.717, 1.165) is 24.8 Å². The van der Waals surface area contributed by atoms with Gasteiger partial charge in [0.1, 0.15) is 0 Å². The zero-order chi connectivity index (χ0) is 14.3. The Balaban J connectivity index is 2.91. The summed E-state index contributed by atoms with van der Waals surface area (Å²) in [6, 6.07) is 8.18. The normalized spacial score (nSPS) is 10.8. The topological polar surface area (TPSA) is 46.3 Å². The van der Waals surface area contributed by atoms with Crippen LogP contribution in [0.25, 0.3) is 0 Å². The summed E-state index contributed by atoms with van der Waals surface area (Å²) < 4.78 is 0. The molecule has 0 saturated carbocycles. The highest BCUT2D eigenvalue weighted by molar-refractivity contribution is 5.94. The van der Waals surface area contributed by atoms with Gasteiger partial charge in [0, 0.05) is 24.7 Å². The number of hydrogen-bond acceptors (Lipinski definition) is 2. The molecule has 0 fully saturated rings. The van der Waals surface area contributed by atoms with Crippen molar-refractivity contribution in [2.45, 2.75) is 46.1 Å². The van der Waals surface area contributed by atoms with Gasteiger partial charge >= 0.3 is 0 Å². The van der Waals surface area contributed by atoms with Crippen molar-refractivity contribution < 1.29 is 4.79 Å². The number of rotatable bonds is 7. The van der Waals surface area contributed by atoms with Crippen molar-refractivity contribution in [3.05, 3.63) is 35.4 Å². The Morgan fingerprint density at radius 2 is 1.74 bits per heavy atom. The molecular weight excluding hydrogens is 236 g/mol. The van der Waals surface area contributed by atoms with Gasteiger partial charge in [-0.25, -0.2) is 0 Å². The Morgan fingerprint density at radius 3 is 2.16 bits per heavy atom. The number of nitrogens with zero attached hydrogens (tertiary/aromatic N) is 1. The van der Waals surface area contributed by atoms with E-state index in [4.69, 9.17) is 5.73 Å². The fraction of sp³-hybridized carbons (Fsp3) is 0.562. The summed E-state index contributed by atoms with van der Waals surface area (Å²) in [5.41, 5.74) is 7.66. The molecule has 0 unspecified atom stereocenters. The van der Waals surface area contributed by atoms with Crippen LogP contribution in [0.3, 0.4) is 0 Å². The minimum Gasteiger partial charge on any atom is -0.334 e. The molecule has 1 aromatic rings.